The van der Waals surface area contributed by atoms with Crippen LogP contribution in [0.1, 0.15) is 30.4 Å². The zero-order valence-electron chi connectivity index (χ0n) is 10.6. The minimum atomic E-state index is -3.28. The van der Waals surface area contributed by atoms with Crippen molar-refractivity contribution in [2.75, 3.05) is 6.54 Å². The molecule has 0 amide bonds. The Bertz CT molecular complexity index is 566. The number of sulfonamides is 1. The van der Waals surface area contributed by atoms with Gasteiger partial charge in [-0.25, -0.2) is 13.1 Å². The summed E-state index contributed by atoms with van der Waals surface area (Å²) in [7, 11) is -3.28. The van der Waals surface area contributed by atoms with Crippen molar-refractivity contribution >= 4 is 27.2 Å². The molecule has 2 rings (SSSR count). The van der Waals surface area contributed by atoms with Crippen molar-refractivity contribution in [3.8, 4) is 0 Å². The van der Waals surface area contributed by atoms with E-state index in [0.29, 0.717) is 17.7 Å². The van der Waals surface area contributed by atoms with E-state index in [1.165, 1.54) is 12.8 Å². The highest BCUT2D eigenvalue weighted by Gasteiger charge is 2.21. The zero-order chi connectivity index (χ0) is 13.9. The highest BCUT2D eigenvalue weighted by atomic mass is 32.2. The Kier molecular flexibility index (Phi) is 4.54. The van der Waals surface area contributed by atoms with Crippen LogP contribution in [-0.4, -0.2) is 20.0 Å². The van der Waals surface area contributed by atoms with Crippen LogP contribution in [0.5, 0.6) is 0 Å². The third-order valence-electron chi connectivity index (χ3n) is 3.14. The predicted octanol–water partition coefficient (Wildman–Crippen LogP) is 1.54. The largest absolute Gasteiger partial charge is 0.389 e. The van der Waals surface area contributed by atoms with E-state index in [9.17, 15) is 8.42 Å². The van der Waals surface area contributed by atoms with Gasteiger partial charge in [-0.3, -0.25) is 0 Å². The molecule has 0 radical (unpaired) electrons. The van der Waals surface area contributed by atoms with Gasteiger partial charge in [-0.05, 0) is 24.0 Å². The summed E-state index contributed by atoms with van der Waals surface area (Å²) in [6.45, 7) is 0.530. The summed E-state index contributed by atoms with van der Waals surface area (Å²) in [5, 5.41) is 0. The SMILES string of the molecule is NC(=S)c1cccc(CS(=O)(=O)NCCC2CC2)c1. The van der Waals surface area contributed by atoms with E-state index in [-0.39, 0.29) is 10.7 Å². The molecular weight excluding hydrogens is 280 g/mol. The quantitative estimate of drug-likeness (QED) is 0.749. The lowest BCUT2D eigenvalue weighted by atomic mass is 10.1. The molecule has 0 heterocycles. The van der Waals surface area contributed by atoms with Gasteiger partial charge >= 0.3 is 0 Å². The fourth-order valence-corrected chi connectivity index (χ4v) is 3.19. The van der Waals surface area contributed by atoms with Crippen LogP contribution in [0.4, 0.5) is 0 Å². The zero-order valence-corrected chi connectivity index (χ0v) is 12.3. The first-order chi connectivity index (χ1) is 8.96. The summed E-state index contributed by atoms with van der Waals surface area (Å²) in [5.74, 6) is 0.689. The van der Waals surface area contributed by atoms with E-state index in [0.717, 1.165) is 12.3 Å². The summed E-state index contributed by atoms with van der Waals surface area (Å²) in [6.07, 6.45) is 3.40. The van der Waals surface area contributed by atoms with Gasteiger partial charge in [0, 0.05) is 12.1 Å². The van der Waals surface area contributed by atoms with Gasteiger partial charge in [0.2, 0.25) is 10.0 Å². The molecule has 1 aliphatic carbocycles. The number of hydrogen-bond acceptors (Lipinski definition) is 3. The Hall–Kier alpha value is -0.980. The smallest absolute Gasteiger partial charge is 0.215 e. The van der Waals surface area contributed by atoms with Crippen LogP contribution in [0.25, 0.3) is 0 Å². The van der Waals surface area contributed by atoms with Crippen LogP contribution in [0.3, 0.4) is 0 Å². The maximum atomic E-state index is 11.9. The van der Waals surface area contributed by atoms with Gasteiger partial charge in [0.05, 0.1) is 5.75 Å². The van der Waals surface area contributed by atoms with Gasteiger partial charge in [-0.2, -0.15) is 0 Å². The second kappa shape index (κ2) is 5.98. The van der Waals surface area contributed by atoms with Gasteiger partial charge in [0.15, 0.2) is 0 Å². The van der Waals surface area contributed by atoms with Gasteiger partial charge < -0.3 is 5.73 Å². The van der Waals surface area contributed by atoms with Gasteiger partial charge in [0.25, 0.3) is 0 Å². The Morgan fingerprint density at radius 3 is 2.79 bits per heavy atom. The molecule has 3 N–H and O–H groups in total. The van der Waals surface area contributed by atoms with Crippen molar-refractivity contribution < 1.29 is 8.42 Å². The van der Waals surface area contributed by atoms with Gasteiger partial charge in [0.1, 0.15) is 4.99 Å². The molecule has 4 nitrogen and oxygen atoms in total. The molecule has 0 bridgehead atoms. The molecule has 1 saturated carbocycles. The third-order valence-corrected chi connectivity index (χ3v) is 4.73. The number of thiocarbonyl (C=S) groups is 1. The highest BCUT2D eigenvalue weighted by molar-refractivity contribution is 7.88. The molecule has 0 unspecified atom stereocenters. The molecule has 104 valence electrons. The first-order valence-electron chi connectivity index (χ1n) is 6.32. The summed E-state index contributed by atoms with van der Waals surface area (Å²) >= 11 is 4.88. The molecule has 1 aliphatic rings. The fourth-order valence-electron chi connectivity index (χ4n) is 1.91. The summed E-state index contributed by atoms with van der Waals surface area (Å²) in [6, 6.07) is 7.03. The molecule has 1 aromatic rings. The number of nitrogens with one attached hydrogen (secondary N) is 1. The predicted molar refractivity (Wildman–Crippen MR) is 80.3 cm³/mol. The average Bonchev–Trinajstić information content (AvgIpc) is 3.12. The molecule has 19 heavy (non-hydrogen) atoms. The fraction of sp³-hybridized carbons (Fsp3) is 0.462. The number of hydrogen-bond donors (Lipinski definition) is 2. The van der Waals surface area contributed by atoms with E-state index in [1.54, 1.807) is 24.3 Å². The van der Waals surface area contributed by atoms with E-state index >= 15 is 0 Å². The average molecular weight is 298 g/mol. The molecule has 6 heteroatoms. The van der Waals surface area contributed by atoms with E-state index in [4.69, 9.17) is 18.0 Å². The maximum absolute atomic E-state index is 11.9. The lowest BCUT2D eigenvalue weighted by Crippen LogP contribution is -2.26. The summed E-state index contributed by atoms with van der Waals surface area (Å²) in [5.41, 5.74) is 6.93. The normalized spacial score (nSPS) is 15.4. The molecule has 0 atom stereocenters. The highest BCUT2D eigenvalue weighted by Crippen LogP contribution is 2.31. The van der Waals surface area contributed by atoms with E-state index in [2.05, 4.69) is 4.72 Å². The second-order valence-corrected chi connectivity index (χ2v) is 7.20. The Morgan fingerprint density at radius 1 is 1.42 bits per heavy atom. The van der Waals surface area contributed by atoms with Crippen LogP contribution in [-0.2, 0) is 15.8 Å². The molecule has 0 spiro atoms. The molecule has 0 aromatic heterocycles. The maximum Gasteiger partial charge on any atom is 0.215 e. The lowest BCUT2D eigenvalue weighted by Gasteiger charge is -2.07. The molecular formula is C13H18N2O2S2. The van der Waals surface area contributed by atoms with Gasteiger partial charge in [-0.1, -0.05) is 43.3 Å². The van der Waals surface area contributed by atoms with Crippen molar-refractivity contribution in [2.24, 2.45) is 11.7 Å². The standard InChI is InChI=1S/C13H18N2O2S2/c14-13(18)12-3-1-2-11(8-12)9-19(16,17)15-7-6-10-4-5-10/h1-3,8,10,15H,4-7,9H2,(H2,14,18). The van der Waals surface area contributed by atoms with Crippen LogP contribution in [0.15, 0.2) is 24.3 Å². The molecule has 1 fully saturated rings. The molecule has 0 aliphatic heterocycles. The van der Waals surface area contributed by atoms with Crippen LogP contribution < -0.4 is 10.5 Å². The van der Waals surface area contributed by atoms with Crippen LogP contribution in [0.2, 0.25) is 0 Å². The van der Waals surface area contributed by atoms with E-state index in [1.807, 2.05) is 0 Å². The molecule has 0 saturated heterocycles. The van der Waals surface area contributed by atoms with Crippen molar-refractivity contribution in [3.63, 3.8) is 0 Å². The van der Waals surface area contributed by atoms with Crippen molar-refractivity contribution in [1.29, 1.82) is 0 Å². The molecule has 1 aromatic carbocycles. The van der Waals surface area contributed by atoms with Crippen molar-refractivity contribution in [3.05, 3.63) is 35.4 Å². The first-order valence-corrected chi connectivity index (χ1v) is 8.38. The number of benzene rings is 1. The first kappa shape index (κ1) is 14.4. The number of rotatable bonds is 7. The Balaban J connectivity index is 1.94. The monoisotopic (exact) mass is 298 g/mol. The van der Waals surface area contributed by atoms with Crippen molar-refractivity contribution in [2.45, 2.75) is 25.0 Å². The van der Waals surface area contributed by atoms with Crippen LogP contribution in [0, 0.1) is 5.92 Å². The lowest BCUT2D eigenvalue weighted by molar-refractivity contribution is 0.574. The summed E-state index contributed by atoms with van der Waals surface area (Å²) < 4.78 is 26.5. The Labute approximate surface area is 119 Å². The minimum absolute atomic E-state index is 0.0336. The van der Waals surface area contributed by atoms with Crippen LogP contribution >= 0.6 is 12.2 Å². The minimum Gasteiger partial charge on any atom is -0.389 e. The topological polar surface area (TPSA) is 72.2 Å². The third kappa shape index (κ3) is 4.89. The van der Waals surface area contributed by atoms with Crippen molar-refractivity contribution in [1.82, 2.24) is 4.72 Å². The number of nitrogens with two attached hydrogens (primary N) is 1. The summed E-state index contributed by atoms with van der Waals surface area (Å²) in [4.78, 5) is 0.279. The second-order valence-electron chi connectivity index (χ2n) is 4.95. The van der Waals surface area contributed by atoms with Gasteiger partial charge in [-0.15, -0.1) is 0 Å². The van der Waals surface area contributed by atoms with E-state index < -0.39 is 10.0 Å². The Morgan fingerprint density at radius 2 is 2.16 bits per heavy atom.